The Labute approximate surface area is 161 Å². The van der Waals surface area contributed by atoms with Crippen LogP contribution in [0.2, 0.25) is 0 Å². The second-order valence-electron chi connectivity index (χ2n) is 6.79. The van der Waals surface area contributed by atoms with Gasteiger partial charge in [-0.15, -0.1) is 0 Å². The van der Waals surface area contributed by atoms with Crippen LogP contribution >= 0.6 is 0 Å². The summed E-state index contributed by atoms with van der Waals surface area (Å²) in [5.74, 6) is 0. The maximum Gasteiger partial charge on any atom is 0.155 e. The van der Waals surface area contributed by atoms with Gasteiger partial charge in [0.25, 0.3) is 0 Å². The van der Waals surface area contributed by atoms with E-state index in [9.17, 15) is 0 Å². The second kappa shape index (κ2) is 6.43. The molecular formula is C21H17N7. The Kier molecular flexibility index (Phi) is 3.76. The summed E-state index contributed by atoms with van der Waals surface area (Å²) in [5.41, 5.74) is 7.46. The fourth-order valence-corrected chi connectivity index (χ4v) is 3.86. The second-order valence-corrected chi connectivity index (χ2v) is 6.79. The van der Waals surface area contributed by atoms with Crippen molar-refractivity contribution in [3.63, 3.8) is 0 Å². The molecule has 0 N–H and O–H groups in total. The van der Waals surface area contributed by atoms with Gasteiger partial charge in [0, 0.05) is 35.1 Å². The van der Waals surface area contributed by atoms with Gasteiger partial charge in [-0.25, -0.2) is 9.50 Å². The average molecular weight is 367 g/mol. The maximum absolute atomic E-state index is 9.08. The molecule has 0 radical (unpaired) electrons. The molecule has 7 nitrogen and oxygen atoms in total. The molecule has 0 amide bonds. The molecule has 5 rings (SSSR count). The number of hydrogen-bond acceptors (Lipinski definition) is 5. The van der Waals surface area contributed by atoms with Crippen LogP contribution in [0.5, 0.6) is 0 Å². The Bertz CT molecular complexity index is 1270. The number of pyridine rings is 2. The number of nitriles is 1. The summed E-state index contributed by atoms with van der Waals surface area (Å²) in [5, 5.41) is 18.3. The van der Waals surface area contributed by atoms with Gasteiger partial charge in [-0.2, -0.15) is 15.5 Å². The smallest absolute Gasteiger partial charge is 0.155 e. The van der Waals surface area contributed by atoms with Crippen LogP contribution in [0.15, 0.2) is 42.7 Å². The highest BCUT2D eigenvalue weighted by Gasteiger charge is 2.26. The van der Waals surface area contributed by atoms with Crippen molar-refractivity contribution in [3.05, 3.63) is 59.8 Å². The normalized spacial score (nSPS) is 13.3. The molecule has 0 unspecified atom stereocenters. The summed E-state index contributed by atoms with van der Waals surface area (Å²) in [6.45, 7) is 2.89. The van der Waals surface area contributed by atoms with Crippen LogP contribution in [0.3, 0.4) is 0 Å². The molecule has 1 aliphatic rings. The van der Waals surface area contributed by atoms with E-state index < -0.39 is 0 Å². The first-order valence-electron chi connectivity index (χ1n) is 9.19. The van der Waals surface area contributed by atoms with Crippen molar-refractivity contribution in [1.82, 2.24) is 29.4 Å². The van der Waals surface area contributed by atoms with Gasteiger partial charge in [0.1, 0.15) is 12.0 Å². The molecule has 0 fully saturated rings. The highest BCUT2D eigenvalue weighted by molar-refractivity contribution is 5.86. The van der Waals surface area contributed by atoms with E-state index in [1.807, 2.05) is 37.3 Å². The van der Waals surface area contributed by atoms with Crippen LogP contribution in [-0.2, 0) is 13.0 Å². The molecule has 0 bridgehead atoms. The van der Waals surface area contributed by atoms with Crippen LogP contribution in [0.4, 0.5) is 0 Å². The first-order valence-corrected chi connectivity index (χ1v) is 9.19. The van der Waals surface area contributed by atoms with E-state index in [0.29, 0.717) is 0 Å². The quantitative estimate of drug-likeness (QED) is 0.518. The summed E-state index contributed by atoms with van der Waals surface area (Å²) < 4.78 is 3.84. The third kappa shape index (κ3) is 2.50. The van der Waals surface area contributed by atoms with Gasteiger partial charge < -0.3 is 0 Å². The summed E-state index contributed by atoms with van der Waals surface area (Å²) in [4.78, 5) is 8.98. The van der Waals surface area contributed by atoms with Crippen molar-refractivity contribution in [2.24, 2.45) is 0 Å². The van der Waals surface area contributed by atoms with Crippen molar-refractivity contribution in [2.45, 2.75) is 26.3 Å². The summed E-state index contributed by atoms with van der Waals surface area (Å²) in [6, 6.07) is 12.0. The number of aromatic nitrogens is 6. The van der Waals surface area contributed by atoms with Crippen LogP contribution in [0.25, 0.3) is 34.2 Å². The maximum atomic E-state index is 9.08. The lowest BCUT2D eigenvalue weighted by molar-refractivity contribution is 0.658. The minimum absolute atomic E-state index is 0.736. The lowest BCUT2D eigenvalue weighted by Crippen LogP contribution is -1.99. The molecule has 0 atom stereocenters. The molecule has 4 aromatic rings. The molecule has 0 spiro atoms. The van der Waals surface area contributed by atoms with Crippen LogP contribution in [0, 0.1) is 18.3 Å². The van der Waals surface area contributed by atoms with E-state index in [1.165, 1.54) is 18.1 Å². The highest BCUT2D eigenvalue weighted by Crippen LogP contribution is 2.39. The minimum atomic E-state index is 0.736. The molecule has 136 valence electrons. The van der Waals surface area contributed by atoms with Gasteiger partial charge in [-0.1, -0.05) is 6.07 Å². The van der Waals surface area contributed by atoms with E-state index in [4.69, 9.17) is 15.3 Å². The first kappa shape index (κ1) is 16.4. The number of rotatable bonds is 3. The molecule has 0 saturated carbocycles. The number of allylic oxidation sites excluding steroid dienone is 1. The van der Waals surface area contributed by atoms with Crippen LogP contribution < -0.4 is 0 Å². The lowest BCUT2D eigenvalue weighted by atomic mass is 9.98. The van der Waals surface area contributed by atoms with Crippen molar-refractivity contribution < 1.29 is 0 Å². The van der Waals surface area contributed by atoms with E-state index in [0.717, 1.165) is 58.9 Å². The summed E-state index contributed by atoms with van der Waals surface area (Å²) in [7, 11) is 0. The Hall–Kier alpha value is -3.79. The SMILES string of the molecule is Cc1cccc(-c2nn3c(c2-c2ccc4ncnn4c2/C=C/C#N)CCC3)n1. The molecule has 0 aliphatic carbocycles. The van der Waals surface area contributed by atoms with Gasteiger partial charge in [-0.3, -0.25) is 9.67 Å². The van der Waals surface area contributed by atoms with Crippen molar-refractivity contribution >= 4 is 11.7 Å². The zero-order valence-corrected chi connectivity index (χ0v) is 15.4. The third-order valence-corrected chi connectivity index (χ3v) is 5.03. The van der Waals surface area contributed by atoms with E-state index in [-0.39, 0.29) is 0 Å². The molecule has 5 heterocycles. The van der Waals surface area contributed by atoms with Gasteiger partial charge in [-0.05, 0) is 50.1 Å². The fraction of sp³-hybridized carbons (Fsp3) is 0.190. The van der Waals surface area contributed by atoms with E-state index in [1.54, 1.807) is 10.6 Å². The van der Waals surface area contributed by atoms with Crippen molar-refractivity contribution in [2.75, 3.05) is 0 Å². The molecule has 7 heteroatoms. The van der Waals surface area contributed by atoms with Gasteiger partial charge in [0.2, 0.25) is 0 Å². The van der Waals surface area contributed by atoms with Crippen LogP contribution in [0.1, 0.15) is 23.5 Å². The predicted octanol–water partition coefficient (Wildman–Crippen LogP) is 3.45. The zero-order valence-electron chi connectivity index (χ0n) is 15.4. The monoisotopic (exact) mass is 367 g/mol. The lowest BCUT2D eigenvalue weighted by Gasteiger charge is -2.10. The molecular weight excluding hydrogens is 350 g/mol. The van der Waals surface area contributed by atoms with E-state index >= 15 is 0 Å². The van der Waals surface area contributed by atoms with Gasteiger partial charge in [0.15, 0.2) is 5.65 Å². The largest absolute Gasteiger partial charge is 0.268 e. The number of fused-ring (bicyclic) bond motifs is 2. The molecule has 4 aromatic heterocycles. The Morgan fingerprint density at radius 3 is 3.00 bits per heavy atom. The topological polar surface area (TPSA) is 84.7 Å². The van der Waals surface area contributed by atoms with Crippen LogP contribution in [-0.4, -0.2) is 29.4 Å². The number of nitrogens with zero attached hydrogens (tertiary/aromatic N) is 7. The summed E-state index contributed by atoms with van der Waals surface area (Å²) in [6.07, 6.45) is 6.81. The molecule has 28 heavy (non-hydrogen) atoms. The van der Waals surface area contributed by atoms with Crippen molar-refractivity contribution in [3.8, 4) is 28.6 Å². The Morgan fingerprint density at radius 2 is 2.14 bits per heavy atom. The van der Waals surface area contributed by atoms with Gasteiger partial charge >= 0.3 is 0 Å². The number of hydrogen-bond donors (Lipinski definition) is 0. The van der Waals surface area contributed by atoms with Gasteiger partial charge in [0.05, 0.1) is 17.5 Å². The number of aryl methyl sites for hydroxylation is 2. The minimum Gasteiger partial charge on any atom is -0.268 e. The van der Waals surface area contributed by atoms with E-state index in [2.05, 4.69) is 20.8 Å². The first-order chi connectivity index (χ1) is 13.8. The Morgan fingerprint density at radius 1 is 1.21 bits per heavy atom. The molecule has 0 aromatic carbocycles. The highest BCUT2D eigenvalue weighted by atomic mass is 15.3. The standard InChI is InChI=1S/C21H17N7/c1-14-5-2-6-16(25-14)21-20(18-8-4-12-27(18)26-21)15-9-10-19-23-13-24-28(19)17(15)7-3-11-22/h2-3,5-7,9-10,13H,4,8,12H2,1H3/b7-3+. The Balaban J connectivity index is 1.83. The average Bonchev–Trinajstić information content (AvgIpc) is 3.41. The molecule has 1 aliphatic heterocycles. The molecule has 0 saturated heterocycles. The fourth-order valence-electron chi connectivity index (χ4n) is 3.86. The summed E-state index contributed by atoms with van der Waals surface area (Å²) >= 11 is 0. The predicted molar refractivity (Wildman–Crippen MR) is 105 cm³/mol. The zero-order chi connectivity index (χ0) is 19.1. The van der Waals surface area contributed by atoms with Crippen molar-refractivity contribution in [1.29, 1.82) is 5.26 Å². The third-order valence-electron chi connectivity index (χ3n) is 5.03.